The highest BCUT2D eigenvalue weighted by atomic mass is 31.0. The minimum Gasteiger partial charge on any atom is -0.352 e. The van der Waals surface area contributed by atoms with Crippen LogP contribution in [0.5, 0.6) is 0 Å². The molecule has 0 saturated carbocycles. The van der Waals surface area contributed by atoms with E-state index in [0.717, 1.165) is 10.9 Å². The molecular formula is C11H16NOP. The van der Waals surface area contributed by atoms with E-state index in [2.05, 4.69) is 14.6 Å². The second kappa shape index (κ2) is 5.11. The summed E-state index contributed by atoms with van der Waals surface area (Å²) in [6.07, 6.45) is 0. The van der Waals surface area contributed by atoms with Crippen LogP contribution in [0.3, 0.4) is 0 Å². The zero-order valence-electron chi connectivity index (χ0n) is 8.58. The second-order valence-electron chi connectivity index (χ2n) is 3.61. The average Bonchev–Trinajstić information content (AvgIpc) is 2.16. The van der Waals surface area contributed by atoms with Crippen LogP contribution < -0.4 is 10.6 Å². The lowest BCUT2D eigenvalue weighted by molar-refractivity contribution is -0.124. The van der Waals surface area contributed by atoms with E-state index in [0.29, 0.717) is 6.54 Å². The van der Waals surface area contributed by atoms with E-state index in [4.69, 9.17) is 0 Å². The van der Waals surface area contributed by atoms with Crippen LogP contribution in [-0.4, -0.2) is 5.91 Å². The molecule has 1 N–H and O–H groups in total. The van der Waals surface area contributed by atoms with Gasteiger partial charge in [0.2, 0.25) is 5.91 Å². The summed E-state index contributed by atoms with van der Waals surface area (Å²) >= 11 is 0. The van der Waals surface area contributed by atoms with E-state index in [9.17, 15) is 4.79 Å². The standard InChI is InChI=1S/C11H16NOP/c1-8(2)11(13)12-7-9-3-5-10(14)6-4-9/h3-6,8H,7,14H2,1-2H3,(H,12,13). The molecular weight excluding hydrogens is 193 g/mol. The van der Waals surface area contributed by atoms with Crippen molar-refractivity contribution in [1.82, 2.24) is 5.32 Å². The summed E-state index contributed by atoms with van der Waals surface area (Å²) in [7, 11) is 2.63. The lowest BCUT2D eigenvalue weighted by Gasteiger charge is -2.07. The summed E-state index contributed by atoms with van der Waals surface area (Å²) in [6.45, 7) is 4.39. The minimum atomic E-state index is 0.0519. The molecule has 0 saturated heterocycles. The first-order valence-electron chi connectivity index (χ1n) is 4.71. The van der Waals surface area contributed by atoms with Crippen molar-refractivity contribution in [1.29, 1.82) is 0 Å². The number of nitrogens with one attached hydrogen (secondary N) is 1. The van der Waals surface area contributed by atoms with Crippen molar-refractivity contribution < 1.29 is 4.79 Å². The first-order valence-corrected chi connectivity index (χ1v) is 5.29. The predicted octanol–water partition coefficient (Wildman–Crippen LogP) is 1.46. The highest BCUT2D eigenvalue weighted by Crippen LogP contribution is 1.99. The van der Waals surface area contributed by atoms with E-state index in [1.807, 2.05) is 38.1 Å². The fraction of sp³-hybridized carbons (Fsp3) is 0.364. The number of hydrogen-bond acceptors (Lipinski definition) is 1. The fourth-order valence-corrected chi connectivity index (χ4v) is 1.22. The van der Waals surface area contributed by atoms with Gasteiger partial charge in [-0.3, -0.25) is 4.79 Å². The Bertz CT molecular complexity index is 306. The normalized spacial score (nSPS) is 10.3. The number of carbonyl (C=O) groups is 1. The monoisotopic (exact) mass is 209 g/mol. The maximum Gasteiger partial charge on any atom is 0.222 e. The summed E-state index contributed by atoms with van der Waals surface area (Å²) in [5.41, 5.74) is 1.13. The summed E-state index contributed by atoms with van der Waals surface area (Å²) in [6, 6.07) is 8.06. The molecule has 0 fully saturated rings. The quantitative estimate of drug-likeness (QED) is 0.750. The van der Waals surface area contributed by atoms with Crippen molar-refractivity contribution in [2.45, 2.75) is 20.4 Å². The van der Waals surface area contributed by atoms with Crippen molar-refractivity contribution in [3.05, 3.63) is 29.8 Å². The van der Waals surface area contributed by atoms with E-state index >= 15 is 0 Å². The molecule has 0 bridgehead atoms. The van der Waals surface area contributed by atoms with Crippen LogP contribution in [0.4, 0.5) is 0 Å². The molecule has 14 heavy (non-hydrogen) atoms. The third-order valence-electron chi connectivity index (χ3n) is 1.97. The maximum atomic E-state index is 11.3. The van der Waals surface area contributed by atoms with Crippen LogP contribution in [0, 0.1) is 5.92 Å². The van der Waals surface area contributed by atoms with Gasteiger partial charge in [-0.2, -0.15) is 0 Å². The maximum absolute atomic E-state index is 11.3. The second-order valence-corrected chi connectivity index (χ2v) is 4.28. The highest BCUT2D eigenvalue weighted by Gasteiger charge is 2.05. The topological polar surface area (TPSA) is 29.1 Å². The number of rotatable bonds is 3. The molecule has 1 aromatic carbocycles. The smallest absolute Gasteiger partial charge is 0.222 e. The van der Waals surface area contributed by atoms with E-state index in [1.165, 1.54) is 0 Å². The Balaban J connectivity index is 2.46. The summed E-state index contributed by atoms with van der Waals surface area (Å²) in [5, 5.41) is 4.03. The minimum absolute atomic E-state index is 0.0519. The van der Waals surface area contributed by atoms with Gasteiger partial charge in [0.1, 0.15) is 0 Å². The molecule has 1 amide bonds. The van der Waals surface area contributed by atoms with Crippen LogP contribution in [-0.2, 0) is 11.3 Å². The molecule has 1 atom stereocenters. The summed E-state index contributed by atoms with van der Waals surface area (Å²) in [4.78, 5) is 11.3. The van der Waals surface area contributed by atoms with Crippen LogP contribution in [0.1, 0.15) is 19.4 Å². The van der Waals surface area contributed by atoms with Crippen molar-refractivity contribution in [2.75, 3.05) is 0 Å². The van der Waals surface area contributed by atoms with Crippen LogP contribution in [0.2, 0.25) is 0 Å². The number of carbonyl (C=O) groups excluding carboxylic acids is 1. The lowest BCUT2D eigenvalue weighted by Crippen LogP contribution is -2.27. The van der Waals surface area contributed by atoms with Gasteiger partial charge in [-0.25, -0.2) is 0 Å². The Kier molecular flexibility index (Phi) is 4.09. The number of hydrogen-bond donors (Lipinski definition) is 1. The molecule has 1 rings (SSSR count). The van der Waals surface area contributed by atoms with Gasteiger partial charge in [-0.15, -0.1) is 9.24 Å². The van der Waals surface area contributed by atoms with Gasteiger partial charge in [-0.1, -0.05) is 38.1 Å². The van der Waals surface area contributed by atoms with E-state index in [1.54, 1.807) is 0 Å². The van der Waals surface area contributed by atoms with Crippen molar-refractivity contribution in [3.63, 3.8) is 0 Å². The molecule has 2 nitrogen and oxygen atoms in total. The molecule has 1 unspecified atom stereocenters. The van der Waals surface area contributed by atoms with Crippen molar-refractivity contribution >= 4 is 20.5 Å². The van der Waals surface area contributed by atoms with Gasteiger partial charge in [0.15, 0.2) is 0 Å². The first kappa shape index (κ1) is 11.2. The van der Waals surface area contributed by atoms with Crippen molar-refractivity contribution in [2.24, 2.45) is 5.92 Å². The Hall–Kier alpha value is -0.880. The number of amides is 1. The molecule has 0 aromatic heterocycles. The Morgan fingerprint density at radius 3 is 2.43 bits per heavy atom. The SMILES string of the molecule is CC(C)C(=O)NCc1ccc(P)cc1. The van der Waals surface area contributed by atoms with Gasteiger partial charge < -0.3 is 5.32 Å². The highest BCUT2D eigenvalue weighted by molar-refractivity contribution is 7.27. The molecule has 0 spiro atoms. The van der Waals surface area contributed by atoms with Gasteiger partial charge >= 0.3 is 0 Å². The molecule has 3 heteroatoms. The molecule has 0 aliphatic carbocycles. The number of benzene rings is 1. The molecule has 0 aliphatic heterocycles. The van der Waals surface area contributed by atoms with E-state index < -0.39 is 0 Å². The first-order chi connectivity index (χ1) is 6.59. The molecule has 76 valence electrons. The largest absolute Gasteiger partial charge is 0.352 e. The zero-order valence-corrected chi connectivity index (χ0v) is 9.73. The van der Waals surface area contributed by atoms with Gasteiger partial charge in [0.25, 0.3) is 0 Å². The predicted molar refractivity (Wildman–Crippen MR) is 62.5 cm³/mol. The lowest BCUT2D eigenvalue weighted by atomic mass is 10.2. The Morgan fingerprint density at radius 2 is 1.93 bits per heavy atom. The molecule has 0 aliphatic rings. The molecule has 1 aromatic rings. The third kappa shape index (κ3) is 3.47. The van der Waals surface area contributed by atoms with E-state index in [-0.39, 0.29) is 11.8 Å². The van der Waals surface area contributed by atoms with Gasteiger partial charge in [0.05, 0.1) is 0 Å². The fourth-order valence-electron chi connectivity index (χ4n) is 1.03. The van der Waals surface area contributed by atoms with Crippen LogP contribution in [0.25, 0.3) is 0 Å². The molecule has 0 radical (unpaired) electrons. The van der Waals surface area contributed by atoms with Gasteiger partial charge in [-0.05, 0) is 10.9 Å². The average molecular weight is 209 g/mol. The Morgan fingerprint density at radius 1 is 1.36 bits per heavy atom. The molecule has 0 heterocycles. The van der Waals surface area contributed by atoms with Crippen LogP contribution in [0.15, 0.2) is 24.3 Å². The van der Waals surface area contributed by atoms with Gasteiger partial charge in [0, 0.05) is 12.5 Å². The van der Waals surface area contributed by atoms with Crippen LogP contribution >= 0.6 is 9.24 Å². The zero-order chi connectivity index (χ0) is 10.6. The van der Waals surface area contributed by atoms with Crippen molar-refractivity contribution in [3.8, 4) is 0 Å². The Labute approximate surface area is 87.3 Å². The summed E-state index contributed by atoms with van der Waals surface area (Å²) < 4.78 is 0. The third-order valence-corrected chi connectivity index (χ3v) is 2.36. The summed E-state index contributed by atoms with van der Waals surface area (Å²) in [5.74, 6) is 0.149.